The molecular weight excluding hydrogens is 678 g/mol. The van der Waals surface area contributed by atoms with Crippen LogP contribution in [0.1, 0.15) is 20.8 Å². The first-order valence-electron chi connectivity index (χ1n) is 16.0. The van der Waals surface area contributed by atoms with Gasteiger partial charge in [0, 0.05) is 26.7 Å². The maximum absolute atomic E-state index is 12.3. The number of carbonyl (C=O) groups is 4. The molecule has 288 valence electrons. The van der Waals surface area contributed by atoms with E-state index in [0.717, 1.165) is 6.92 Å². The summed E-state index contributed by atoms with van der Waals surface area (Å²) in [6.45, 7) is 0.118. The van der Waals surface area contributed by atoms with E-state index in [9.17, 15) is 60.0 Å². The summed E-state index contributed by atoms with van der Waals surface area (Å²) in [5.41, 5.74) is 0. The summed E-state index contributed by atoms with van der Waals surface area (Å²) in [5, 5.41) is 88.6. The van der Waals surface area contributed by atoms with Crippen LogP contribution in [0.25, 0.3) is 0 Å². The lowest BCUT2D eigenvalue weighted by atomic mass is 9.85. The van der Waals surface area contributed by atoms with E-state index in [-0.39, 0.29) is 26.4 Å². The van der Waals surface area contributed by atoms with E-state index in [2.05, 4.69) is 16.0 Å². The second kappa shape index (κ2) is 19.2. The Balaban J connectivity index is 1.77. The van der Waals surface area contributed by atoms with Gasteiger partial charge in [0.05, 0.1) is 82.6 Å². The third kappa shape index (κ3) is 10.6. The van der Waals surface area contributed by atoms with E-state index in [0.29, 0.717) is 0 Å². The number of nitrogens with one attached hydrogen (secondary N) is 3. The van der Waals surface area contributed by atoms with E-state index >= 15 is 0 Å². The van der Waals surface area contributed by atoms with E-state index in [4.69, 9.17) is 28.4 Å². The van der Waals surface area contributed by atoms with Gasteiger partial charge >= 0.3 is 6.16 Å². The molecule has 21 heteroatoms. The van der Waals surface area contributed by atoms with Crippen molar-refractivity contribution < 1.29 is 88.5 Å². The first-order chi connectivity index (χ1) is 23.6. The SMILES string of the molecule is CC(=O)NC1[C@H](COC[C@@H]2C(CO)O[C@@H](COC[C@@H]3C(CO)O[C@@H](O)C(NC(C)=O)[C@H]3O)C(NC(C)=O)[C@H]2OC(=O)O)OC(CO)[C@@H](O)[C@@H]1O. The van der Waals surface area contributed by atoms with Gasteiger partial charge < -0.3 is 85.2 Å². The molecule has 0 aromatic rings. The van der Waals surface area contributed by atoms with Gasteiger partial charge in [-0.2, -0.15) is 0 Å². The molecule has 3 saturated heterocycles. The number of ether oxygens (including phenoxy) is 6. The lowest BCUT2D eigenvalue weighted by Gasteiger charge is -2.46. The first-order valence-corrected chi connectivity index (χ1v) is 16.0. The van der Waals surface area contributed by atoms with Gasteiger partial charge in [0.2, 0.25) is 17.7 Å². The minimum Gasteiger partial charge on any atom is -0.450 e. The quantitative estimate of drug-likeness (QED) is 0.0700. The second-order valence-corrected chi connectivity index (χ2v) is 12.4. The molecule has 3 aliphatic heterocycles. The van der Waals surface area contributed by atoms with E-state index in [1.165, 1.54) is 13.8 Å². The van der Waals surface area contributed by atoms with Crippen LogP contribution in [-0.4, -0.2) is 190 Å². The van der Waals surface area contributed by atoms with Crippen LogP contribution in [0.2, 0.25) is 0 Å². The van der Waals surface area contributed by atoms with Crippen molar-refractivity contribution in [1.29, 1.82) is 0 Å². The maximum Gasteiger partial charge on any atom is 0.506 e. The highest BCUT2D eigenvalue weighted by atomic mass is 16.7. The first kappa shape index (κ1) is 41.6. The van der Waals surface area contributed by atoms with Crippen LogP contribution in [0.5, 0.6) is 0 Å². The van der Waals surface area contributed by atoms with Crippen molar-refractivity contribution in [3.63, 3.8) is 0 Å². The minimum absolute atomic E-state index is 0.325. The highest BCUT2D eigenvalue weighted by Crippen LogP contribution is 2.31. The zero-order chi connectivity index (χ0) is 37.3. The number of aliphatic hydroxyl groups is 7. The summed E-state index contributed by atoms with van der Waals surface area (Å²) < 4.78 is 33.8. The molecule has 3 rings (SSSR count). The highest BCUT2D eigenvalue weighted by molar-refractivity contribution is 5.74. The molecule has 3 amide bonds. The topological polar surface area (TPSA) is 322 Å². The summed E-state index contributed by atoms with van der Waals surface area (Å²) in [6, 6.07) is -3.62. The fourth-order valence-corrected chi connectivity index (χ4v) is 6.49. The van der Waals surface area contributed by atoms with Gasteiger partial charge in [-0.15, -0.1) is 0 Å². The molecule has 50 heavy (non-hydrogen) atoms. The Morgan fingerprint density at radius 2 is 1.02 bits per heavy atom. The summed E-state index contributed by atoms with van der Waals surface area (Å²) in [7, 11) is 0. The molecule has 0 spiro atoms. The third-order valence-electron chi connectivity index (χ3n) is 8.83. The van der Waals surface area contributed by atoms with Gasteiger partial charge in [0.25, 0.3) is 0 Å². The number of carbonyl (C=O) groups excluding carboxylic acids is 3. The molecule has 21 nitrogen and oxygen atoms in total. The van der Waals surface area contributed by atoms with Crippen LogP contribution in [0.4, 0.5) is 4.79 Å². The molecule has 0 aromatic heterocycles. The number of carboxylic acid groups (broad SMARTS) is 1. The van der Waals surface area contributed by atoms with Crippen molar-refractivity contribution in [3.05, 3.63) is 0 Å². The van der Waals surface area contributed by atoms with Crippen molar-refractivity contribution in [2.75, 3.05) is 46.2 Å². The summed E-state index contributed by atoms with van der Waals surface area (Å²) in [6.07, 6.45) is -15.0. The van der Waals surface area contributed by atoms with Crippen LogP contribution < -0.4 is 16.0 Å². The van der Waals surface area contributed by atoms with E-state index < -0.39 is 135 Å². The number of rotatable bonds is 15. The van der Waals surface area contributed by atoms with E-state index in [1.807, 2.05) is 0 Å². The van der Waals surface area contributed by atoms with Crippen LogP contribution >= 0.6 is 0 Å². The lowest BCUT2D eigenvalue weighted by molar-refractivity contribution is -0.248. The molecular formula is C29H49N3O18. The normalized spacial score (nSPS) is 38.9. The Labute approximate surface area is 286 Å². The highest BCUT2D eigenvalue weighted by Gasteiger charge is 2.50. The van der Waals surface area contributed by atoms with Crippen LogP contribution in [0.3, 0.4) is 0 Å². The van der Waals surface area contributed by atoms with Crippen LogP contribution in [0.15, 0.2) is 0 Å². The smallest absolute Gasteiger partial charge is 0.450 e. The molecule has 11 N–H and O–H groups in total. The molecule has 6 unspecified atom stereocenters. The Bertz CT molecular complexity index is 1140. The van der Waals surface area contributed by atoms with Gasteiger partial charge in [-0.25, -0.2) is 4.79 Å². The average Bonchev–Trinajstić information content (AvgIpc) is 3.04. The van der Waals surface area contributed by atoms with Crippen molar-refractivity contribution in [2.24, 2.45) is 11.8 Å². The zero-order valence-corrected chi connectivity index (χ0v) is 27.8. The predicted molar refractivity (Wildman–Crippen MR) is 162 cm³/mol. The molecule has 0 saturated carbocycles. The summed E-state index contributed by atoms with van der Waals surface area (Å²) in [4.78, 5) is 47.5. The number of amides is 3. The van der Waals surface area contributed by atoms with E-state index in [1.54, 1.807) is 0 Å². The van der Waals surface area contributed by atoms with Gasteiger partial charge in [0.15, 0.2) is 6.29 Å². The summed E-state index contributed by atoms with van der Waals surface area (Å²) in [5.74, 6) is -3.76. The number of aliphatic hydroxyl groups excluding tert-OH is 7. The van der Waals surface area contributed by atoms with Gasteiger partial charge in [-0.3, -0.25) is 14.4 Å². The molecule has 3 fully saturated rings. The van der Waals surface area contributed by atoms with Crippen LogP contribution in [0, 0.1) is 11.8 Å². The fourth-order valence-electron chi connectivity index (χ4n) is 6.49. The molecule has 3 aliphatic rings. The van der Waals surface area contributed by atoms with Gasteiger partial charge in [-0.1, -0.05) is 0 Å². The van der Waals surface area contributed by atoms with Gasteiger partial charge in [0.1, 0.15) is 42.7 Å². The molecule has 0 aromatic carbocycles. The predicted octanol–water partition coefficient (Wildman–Crippen LogP) is -5.86. The van der Waals surface area contributed by atoms with Gasteiger partial charge in [-0.05, 0) is 0 Å². The Morgan fingerprint density at radius 1 is 0.560 bits per heavy atom. The molecule has 0 aliphatic carbocycles. The Morgan fingerprint density at radius 3 is 1.54 bits per heavy atom. The van der Waals surface area contributed by atoms with Crippen molar-refractivity contribution in [1.82, 2.24) is 16.0 Å². The molecule has 3 heterocycles. The standard InChI is InChI=1S/C29H49N3O18/c1-11(36)30-21-19(48-18(6-35)25(40)26(21)41)9-46-8-15-17(5-34)47-20(22(31-12(2)37)27(15)50-29(43)44)10-45-7-14-16(4-33)49-28(42)23(24(14)39)32-13(3)38/h14-28,33-35,39-42H,4-10H2,1-3H3,(H,30,36)(H,31,37)(H,32,38)(H,43,44)/t14-,15-,16?,17?,18?,19+,20+,21?,22?,23?,24+,25-,26-,27+,28-/m1/s1. The van der Waals surface area contributed by atoms with Crippen molar-refractivity contribution >= 4 is 23.9 Å². The van der Waals surface area contributed by atoms with Crippen molar-refractivity contribution in [2.45, 2.75) is 100 Å². The Kier molecular flexibility index (Phi) is 15.9. The lowest BCUT2D eigenvalue weighted by Crippen LogP contribution is -2.66. The monoisotopic (exact) mass is 727 g/mol. The summed E-state index contributed by atoms with van der Waals surface area (Å²) >= 11 is 0. The molecule has 0 radical (unpaired) electrons. The fraction of sp³-hybridized carbons (Fsp3) is 0.862. The average molecular weight is 728 g/mol. The molecule has 15 atom stereocenters. The molecule has 0 bridgehead atoms. The third-order valence-corrected chi connectivity index (χ3v) is 8.83. The van der Waals surface area contributed by atoms with Crippen LogP contribution in [-0.2, 0) is 42.8 Å². The Hall–Kier alpha value is -2.80. The van der Waals surface area contributed by atoms with Crippen molar-refractivity contribution in [3.8, 4) is 0 Å². The number of hydrogen-bond acceptors (Lipinski definition) is 17. The zero-order valence-electron chi connectivity index (χ0n) is 27.8. The second-order valence-electron chi connectivity index (χ2n) is 12.4. The minimum atomic E-state index is -1.73. The largest absolute Gasteiger partial charge is 0.506 e. The number of hydrogen-bond donors (Lipinski definition) is 11. The maximum atomic E-state index is 12.3.